The van der Waals surface area contributed by atoms with Gasteiger partial charge in [-0.2, -0.15) is 0 Å². The zero-order chi connectivity index (χ0) is 26.4. The van der Waals surface area contributed by atoms with Gasteiger partial charge in [-0.25, -0.2) is 4.79 Å². The molecule has 9 heteroatoms. The molecule has 192 valence electrons. The lowest BCUT2D eigenvalue weighted by atomic mass is 10.1. The molecule has 3 aromatic carbocycles. The summed E-state index contributed by atoms with van der Waals surface area (Å²) in [4.78, 5) is 41.3. The highest BCUT2D eigenvalue weighted by Crippen LogP contribution is 2.46. The first-order valence-electron chi connectivity index (χ1n) is 11.8. The number of amides is 2. The Hall–Kier alpha value is -3.98. The van der Waals surface area contributed by atoms with Gasteiger partial charge in [0.05, 0.1) is 37.8 Å². The smallest absolute Gasteiger partial charge is 0.340 e. The Balaban J connectivity index is 1.58. The predicted octanol–water partition coefficient (Wildman–Crippen LogP) is 5.09. The Bertz CT molecular complexity index is 1310. The molecule has 1 atom stereocenters. The number of esters is 1. The first kappa shape index (κ1) is 26.1. The lowest BCUT2D eigenvalue weighted by Crippen LogP contribution is -2.38. The van der Waals surface area contributed by atoms with Crippen LogP contribution in [-0.4, -0.2) is 45.2 Å². The number of benzene rings is 3. The number of hydrogen-bond donors (Lipinski definition) is 1. The average molecular weight is 521 g/mol. The summed E-state index contributed by atoms with van der Waals surface area (Å²) >= 11 is 1.56. The summed E-state index contributed by atoms with van der Waals surface area (Å²) in [7, 11) is 3.15. The van der Waals surface area contributed by atoms with E-state index in [1.807, 2.05) is 42.5 Å². The van der Waals surface area contributed by atoms with Gasteiger partial charge in [0, 0.05) is 16.6 Å². The number of nitrogens with zero attached hydrogens (tertiary/aromatic N) is 1. The van der Waals surface area contributed by atoms with E-state index in [0.29, 0.717) is 22.9 Å². The van der Waals surface area contributed by atoms with Crippen molar-refractivity contribution in [3.05, 3.63) is 77.9 Å². The number of para-hydroxylation sites is 2. The quantitative estimate of drug-likeness (QED) is 0.414. The van der Waals surface area contributed by atoms with Gasteiger partial charge in [-0.1, -0.05) is 30.3 Å². The van der Waals surface area contributed by atoms with Gasteiger partial charge >= 0.3 is 5.97 Å². The summed E-state index contributed by atoms with van der Waals surface area (Å²) in [5, 5.41) is 2.58. The largest absolute Gasteiger partial charge is 0.493 e. The van der Waals surface area contributed by atoms with Crippen LogP contribution in [-0.2, 0) is 14.3 Å². The number of ether oxygens (including phenoxy) is 3. The summed E-state index contributed by atoms with van der Waals surface area (Å²) in [6, 6.07) is 19.8. The lowest BCUT2D eigenvalue weighted by Gasteiger charge is -2.22. The number of anilines is 2. The summed E-state index contributed by atoms with van der Waals surface area (Å²) in [6.07, 6.45) is 0.182. The molecule has 1 N–H and O–H groups in total. The molecule has 0 saturated heterocycles. The van der Waals surface area contributed by atoms with E-state index in [1.54, 1.807) is 57.2 Å². The Morgan fingerprint density at radius 3 is 2.49 bits per heavy atom. The minimum absolute atomic E-state index is 0.182. The van der Waals surface area contributed by atoms with Crippen LogP contribution in [0.4, 0.5) is 11.4 Å². The molecule has 0 unspecified atom stereocenters. The van der Waals surface area contributed by atoms with Crippen LogP contribution in [0.3, 0.4) is 0 Å². The fourth-order valence-electron chi connectivity index (χ4n) is 4.10. The van der Waals surface area contributed by atoms with Crippen molar-refractivity contribution in [2.45, 2.75) is 23.5 Å². The highest BCUT2D eigenvalue weighted by molar-refractivity contribution is 7.99. The fraction of sp³-hybridized carbons (Fsp3) is 0.250. The summed E-state index contributed by atoms with van der Waals surface area (Å²) < 4.78 is 15.9. The zero-order valence-corrected chi connectivity index (χ0v) is 21.7. The first-order chi connectivity index (χ1) is 17.9. The van der Waals surface area contributed by atoms with Gasteiger partial charge in [-0.15, -0.1) is 11.8 Å². The SMILES string of the molecule is CCOC(=O)c1ccccc1NC(=O)CN1C(=O)C[C@@H](c2ccc(OC)c(OC)c2)Sc2ccccc21. The van der Waals surface area contributed by atoms with E-state index < -0.39 is 11.9 Å². The van der Waals surface area contributed by atoms with E-state index >= 15 is 0 Å². The number of methoxy groups -OCH3 is 2. The van der Waals surface area contributed by atoms with E-state index in [2.05, 4.69) is 5.32 Å². The molecule has 1 heterocycles. The molecule has 4 rings (SSSR count). The Morgan fingerprint density at radius 2 is 1.73 bits per heavy atom. The van der Waals surface area contributed by atoms with E-state index in [9.17, 15) is 14.4 Å². The third kappa shape index (κ3) is 5.89. The van der Waals surface area contributed by atoms with Crippen molar-refractivity contribution in [2.75, 3.05) is 37.6 Å². The number of hydrogen-bond acceptors (Lipinski definition) is 7. The number of fused-ring (bicyclic) bond motifs is 1. The number of nitrogens with one attached hydrogen (secondary N) is 1. The molecule has 0 bridgehead atoms. The molecule has 1 aliphatic heterocycles. The molecule has 37 heavy (non-hydrogen) atoms. The monoisotopic (exact) mass is 520 g/mol. The topological polar surface area (TPSA) is 94.2 Å². The predicted molar refractivity (Wildman–Crippen MR) is 143 cm³/mol. The number of rotatable bonds is 8. The number of carbonyl (C=O) groups excluding carboxylic acids is 3. The van der Waals surface area contributed by atoms with Crippen LogP contribution in [0.25, 0.3) is 0 Å². The van der Waals surface area contributed by atoms with Gasteiger partial charge in [-0.05, 0) is 48.9 Å². The van der Waals surface area contributed by atoms with Gasteiger partial charge in [-0.3, -0.25) is 9.59 Å². The van der Waals surface area contributed by atoms with Crippen LogP contribution in [0, 0.1) is 0 Å². The molecule has 0 saturated carbocycles. The lowest BCUT2D eigenvalue weighted by molar-refractivity contribution is -0.121. The maximum absolute atomic E-state index is 13.5. The van der Waals surface area contributed by atoms with Crippen LogP contribution in [0.1, 0.15) is 34.5 Å². The van der Waals surface area contributed by atoms with Crippen LogP contribution in [0.5, 0.6) is 11.5 Å². The normalized spacial score (nSPS) is 14.8. The van der Waals surface area contributed by atoms with E-state index in [0.717, 1.165) is 10.5 Å². The van der Waals surface area contributed by atoms with Crippen molar-refractivity contribution in [3.8, 4) is 11.5 Å². The van der Waals surface area contributed by atoms with Crippen molar-refractivity contribution in [1.82, 2.24) is 0 Å². The van der Waals surface area contributed by atoms with Crippen LogP contribution >= 0.6 is 11.8 Å². The fourth-order valence-corrected chi connectivity index (χ4v) is 5.37. The minimum atomic E-state index is -0.524. The molecule has 0 aliphatic carbocycles. The zero-order valence-electron chi connectivity index (χ0n) is 20.9. The molecular formula is C28H28N2O6S. The molecule has 0 spiro atoms. The average Bonchev–Trinajstić information content (AvgIpc) is 3.05. The molecular weight excluding hydrogens is 492 g/mol. The summed E-state index contributed by atoms with van der Waals surface area (Å²) in [5.74, 6) is 0.0596. The molecule has 0 radical (unpaired) electrons. The molecule has 0 fully saturated rings. The second-order valence-corrected chi connectivity index (χ2v) is 9.43. The Labute approximate surface area is 219 Å². The Kier molecular flexibility index (Phi) is 8.35. The van der Waals surface area contributed by atoms with E-state index in [4.69, 9.17) is 14.2 Å². The second-order valence-electron chi connectivity index (χ2n) is 8.19. The van der Waals surface area contributed by atoms with Gasteiger partial charge in [0.2, 0.25) is 11.8 Å². The van der Waals surface area contributed by atoms with Crippen LogP contribution in [0.15, 0.2) is 71.6 Å². The summed E-state index contributed by atoms with van der Waals surface area (Å²) in [6.45, 7) is 1.74. The highest BCUT2D eigenvalue weighted by atomic mass is 32.2. The van der Waals surface area contributed by atoms with Crippen LogP contribution in [0.2, 0.25) is 0 Å². The van der Waals surface area contributed by atoms with Crippen molar-refractivity contribution in [1.29, 1.82) is 0 Å². The molecule has 8 nitrogen and oxygen atoms in total. The highest BCUT2D eigenvalue weighted by Gasteiger charge is 2.31. The number of thioether (sulfide) groups is 1. The van der Waals surface area contributed by atoms with Gasteiger partial charge in [0.1, 0.15) is 6.54 Å². The molecule has 0 aromatic heterocycles. The number of carbonyl (C=O) groups is 3. The van der Waals surface area contributed by atoms with Crippen molar-refractivity contribution >= 4 is 40.9 Å². The molecule has 1 aliphatic rings. The van der Waals surface area contributed by atoms with Crippen molar-refractivity contribution in [3.63, 3.8) is 0 Å². The maximum atomic E-state index is 13.5. The first-order valence-corrected chi connectivity index (χ1v) is 12.7. The van der Waals surface area contributed by atoms with Crippen molar-refractivity contribution in [2.24, 2.45) is 0 Å². The molecule has 3 aromatic rings. The van der Waals surface area contributed by atoms with E-state index in [1.165, 1.54) is 4.90 Å². The van der Waals surface area contributed by atoms with Gasteiger partial charge in [0.25, 0.3) is 0 Å². The molecule has 2 amide bonds. The van der Waals surface area contributed by atoms with Crippen LogP contribution < -0.4 is 19.7 Å². The van der Waals surface area contributed by atoms with Gasteiger partial charge in [0.15, 0.2) is 11.5 Å². The third-order valence-electron chi connectivity index (χ3n) is 5.86. The van der Waals surface area contributed by atoms with E-state index in [-0.39, 0.29) is 36.3 Å². The third-order valence-corrected chi connectivity index (χ3v) is 7.19. The summed E-state index contributed by atoms with van der Waals surface area (Å²) in [5.41, 5.74) is 2.17. The van der Waals surface area contributed by atoms with Crippen molar-refractivity contribution < 1.29 is 28.6 Å². The maximum Gasteiger partial charge on any atom is 0.340 e. The Morgan fingerprint density at radius 1 is 1.00 bits per heavy atom. The minimum Gasteiger partial charge on any atom is -0.493 e. The van der Waals surface area contributed by atoms with Gasteiger partial charge < -0.3 is 24.4 Å². The standard InChI is InChI=1S/C28H28N2O6S/c1-4-36-28(33)19-9-5-6-10-20(19)29-26(31)17-30-21-11-7-8-12-24(21)37-25(16-27(30)32)18-13-14-22(34-2)23(15-18)35-3/h5-15,25H,4,16-17H2,1-3H3,(H,29,31)/t25-/m0/s1. The second kappa shape index (κ2) is 11.8.